The highest BCUT2D eigenvalue weighted by atomic mass is 79.9. The molecule has 0 atom stereocenters. The Morgan fingerprint density at radius 3 is 2.02 bits per heavy atom. The summed E-state index contributed by atoms with van der Waals surface area (Å²) in [5, 5.41) is 4.84. The summed E-state index contributed by atoms with van der Waals surface area (Å²) in [6, 6.07) is 17.2. The molecule has 0 aliphatic carbocycles. The Bertz CT molecular complexity index is 2080. The molecule has 13 heteroatoms. The lowest BCUT2D eigenvalue weighted by Gasteiger charge is -2.11. The van der Waals surface area contributed by atoms with E-state index in [2.05, 4.69) is 82.0 Å². The van der Waals surface area contributed by atoms with Crippen molar-refractivity contribution in [1.29, 1.82) is 0 Å². The van der Waals surface area contributed by atoms with E-state index >= 15 is 0 Å². The molecule has 0 bridgehead atoms. The van der Waals surface area contributed by atoms with E-state index < -0.39 is 0 Å². The third kappa shape index (κ3) is 6.42. The van der Waals surface area contributed by atoms with E-state index in [1.54, 1.807) is 37.1 Å². The molecule has 7 aromatic rings. The number of H-pyrrole nitrogens is 1. The molecule has 5 heterocycles. The maximum atomic E-state index is 12.0. The summed E-state index contributed by atoms with van der Waals surface area (Å²) in [6.45, 7) is 0.568. The first kappa shape index (κ1) is 28.1. The predicted octanol–water partition coefficient (Wildman–Crippen LogP) is 6.00. The average Bonchev–Trinajstić information content (AvgIpc) is 3.05. The summed E-state index contributed by atoms with van der Waals surface area (Å²) in [5.74, 6) is 1.78. The number of halogens is 2. The standard InChI is InChI=1S/C18H13BrN6.C12H7BrN4O/c19-14-5-3-6-15-16(14)18(23-10-13-4-1-2-7-22-13)25-17(24-15)12-8-20-11-21-9-12;13-8-2-1-3-9-10(8)12(18)17-11(16-9)7-4-14-6-15-5-7/h1-9,11H,10H2,(H,23,24,25);1-6H,(H,16,17,18). The minimum absolute atomic E-state index is 0.189. The van der Waals surface area contributed by atoms with E-state index in [-0.39, 0.29) is 5.56 Å². The first-order valence-electron chi connectivity index (χ1n) is 12.9. The SMILES string of the molecule is Brc1cccc2nc(-c3cncnc3)nc(NCc3ccccn3)c12.O=c1[nH]c(-c2cncnc2)nc2cccc(Br)c12. The van der Waals surface area contributed by atoms with Gasteiger partial charge in [-0.15, -0.1) is 0 Å². The number of benzene rings is 2. The highest BCUT2D eigenvalue weighted by Crippen LogP contribution is 2.31. The normalized spacial score (nSPS) is 10.7. The zero-order valence-corrected chi connectivity index (χ0v) is 25.4. The fourth-order valence-corrected chi connectivity index (χ4v) is 5.28. The molecule has 2 aromatic carbocycles. The fourth-order valence-electron chi connectivity index (χ4n) is 4.20. The van der Waals surface area contributed by atoms with E-state index in [0.717, 1.165) is 36.9 Å². The average molecular weight is 696 g/mol. The van der Waals surface area contributed by atoms with Crippen LogP contribution in [0.1, 0.15) is 5.69 Å². The molecule has 0 amide bonds. The van der Waals surface area contributed by atoms with Crippen molar-refractivity contribution < 1.29 is 0 Å². The van der Waals surface area contributed by atoms with E-state index in [4.69, 9.17) is 0 Å². The molecule has 0 saturated carbocycles. The molecule has 7 rings (SSSR count). The van der Waals surface area contributed by atoms with E-state index in [0.29, 0.717) is 34.7 Å². The molecule has 0 radical (unpaired) electrons. The van der Waals surface area contributed by atoms with Crippen LogP contribution in [0.4, 0.5) is 5.82 Å². The van der Waals surface area contributed by atoms with Gasteiger partial charge in [-0.25, -0.2) is 34.9 Å². The van der Waals surface area contributed by atoms with Gasteiger partial charge in [0.15, 0.2) is 5.82 Å². The highest BCUT2D eigenvalue weighted by molar-refractivity contribution is 9.11. The van der Waals surface area contributed by atoms with Crippen molar-refractivity contribution >= 4 is 59.5 Å². The van der Waals surface area contributed by atoms with Crippen molar-refractivity contribution in [2.24, 2.45) is 0 Å². The van der Waals surface area contributed by atoms with Gasteiger partial charge in [-0.1, -0.05) is 18.2 Å². The lowest BCUT2D eigenvalue weighted by molar-refractivity contribution is 1.03. The minimum Gasteiger partial charge on any atom is -0.364 e. The van der Waals surface area contributed by atoms with E-state index in [1.807, 2.05) is 48.5 Å². The Balaban J connectivity index is 0.000000162. The number of aromatic amines is 1. The summed E-state index contributed by atoms with van der Waals surface area (Å²) in [5.41, 5.74) is 3.66. The predicted molar refractivity (Wildman–Crippen MR) is 171 cm³/mol. The summed E-state index contributed by atoms with van der Waals surface area (Å²) in [4.78, 5) is 48.7. The molecular weight excluding hydrogens is 676 g/mol. The van der Waals surface area contributed by atoms with Gasteiger partial charge in [0.25, 0.3) is 5.56 Å². The molecule has 210 valence electrons. The van der Waals surface area contributed by atoms with Crippen LogP contribution in [0.25, 0.3) is 44.6 Å². The molecule has 43 heavy (non-hydrogen) atoms. The van der Waals surface area contributed by atoms with Gasteiger partial charge in [-0.05, 0) is 68.3 Å². The van der Waals surface area contributed by atoms with Crippen molar-refractivity contribution in [1.82, 2.24) is 44.9 Å². The number of pyridine rings is 1. The van der Waals surface area contributed by atoms with Crippen LogP contribution in [0.15, 0.2) is 112 Å². The molecule has 2 N–H and O–H groups in total. The highest BCUT2D eigenvalue weighted by Gasteiger charge is 2.13. The second-order valence-electron chi connectivity index (χ2n) is 9.01. The van der Waals surface area contributed by atoms with Crippen LogP contribution in [-0.4, -0.2) is 44.9 Å². The largest absolute Gasteiger partial charge is 0.364 e. The number of hydrogen-bond acceptors (Lipinski definition) is 10. The second kappa shape index (κ2) is 12.9. The number of nitrogens with one attached hydrogen (secondary N) is 2. The maximum absolute atomic E-state index is 12.0. The molecular formula is C30H20Br2N10O. The van der Waals surface area contributed by atoms with Crippen LogP contribution in [-0.2, 0) is 6.54 Å². The van der Waals surface area contributed by atoms with Gasteiger partial charge in [0.05, 0.1) is 45.2 Å². The Kier molecular flexibility index (Phi) is 8.42. The zero-order chi connectivity index (χ0) is 29.6. The van der Waals surface area contributed by atoms with Gasteiger partial charge >= 0.3 is 0 Å². The molecule has 0 spiro atoms. The topological polar surface area (TPSA) is 148 Å². The van der Waals surface area contributed by atoms with Crippen molar-refractivity contribution in [2.75, 3.05) is 5.32 Å². The molecule has 11 nitrogen and oxygen atoms in total. The number of hydrogen-bond donors (Lipinski definition) is 2. The second-order valence-corrected chi connectivity index (χ2v) is 10.7. The number of rotatable bonds is 5. The van der Waals surface area contributed by atoms with Crippen LogP contribution in [0.5, 0.6) is 0 Å². The first-order chi connectivity index (χ1) is 21.1. The van der Waals surface area contributed by atoms with Gasteiger partial charge in [0.1, 0.15) is 24.3 Å². The quantitative estimate of drug-likeness (QED) is 0.220. The molecule has 5 aromatic heterocycles. The maximum Gasteiger partial charge on any atom is 0.260 e. The lowest BCUT2D eigenvalue weighted by atomic mass is 10.2. The number of anilines is 1. The fraction of sp³-hybridized carbons (Fsp3) is 0.0333. The Morgan fingerprint density at radius 1 is 0.698 bits per heavy atom. The summed E-state index contributed by atoms with van der Waals surface area (Å²) >= 11 is 6.94. The van der Waals surface area contributed by atoms with Crippen molar-refractivity contribution in [2.45, 2.75) is 6.54 Å². The van der Waals surface area contributed by atoms with Crippen LogP contribution >= 0.6 is 31.9 Å². The lowest BCUT2D eigenvalue weighted by Crippen LogP contribution is -2.10. The van der Waals surface area contributed by atoms with Crippen LogP contribution < -0.4 is 10.9 Å². The van der Waals surface area contributed by atoms with Crippen molar-refractivity contribution in [3.8, 4) is 22.8 Å². The van der Waals surface area contributed by atoms with Crippen LogP contribution in [0.2, 0.25) is 0 Å². The molecule has 0 unspecified atom stereocenters. The number of nitrogens with zero attached hydrogens (tertiary/aromatic N) is 8. The molecule has 0 fully saturated rings. The summed E-state index contributed by atoms with van der Waals surface area (Å²) < 4.78 is 1.66. The van der Waals surface area contributed by atoms with Crippen LogP contribution in [0, 0.1) is 0 Å². The van der Waals surface area contributed by atoms with E-state index in [1.165, 1.54) is 12.7 Å². The minimum atomic E-state index is -0.189. The van der Waals surface area contributed by atoms with E-state index in [9.17, 15) is 4.79 Å². The van der Waals surface area contributed by atoms with Crippen molar-refractivity contribution in [3.63, 3.8) is 0 Å². The van der Waals surface area contributed by atoms with Crippen LogP contribution in [0.3, 0.4) is 0 Å². The van der Waals surface area contributed by atoms with Gasteiger partial charge < -0.3 is 10.3 Å². The molecule has 0 aliphatic rings. The summed E-state index contributed by atoms with van der Waals surface area (Å²) in [6.07, 6.45) is 11.3. The number of fused-ring (bicyclic) bond motifs is 2. The van der Waals surface area contributed by atoms with Crippen molar-refractivity contribution in [3.05, 3.63) is 123 Å². The first-order valence-corrected chi connectivity index (χ1v) is 14.4. The number of aromatic nitrogens is 9. The third-order valence-electron chi connectivity index (χ3n) is 6.17. The van der Waals surface area contributed by atoms with Gasteiger partial charge in [0.2, 0.25) is 0 Å². The Labute approximate surface area is 261 Å². The van der Waals surface area contributed by atoms with Gasteiger partial charge in [-0.3, -0.25) is 9.78 Å². The molecule has 0 aliphatic heterocycles. The summed E-state index contributed by atoms with van der Waals surface area (Å²) in [7, 11) is 0. The smallest absolute Gasteiger partial charge is 0.260 e. The molecule has 0 saturated heterocycles. The third-order valence-corrected chi connectivity index (χ3v) is 7.49. The Hall–Kier alpha value is -5.01. The zero-order valence-electron chi connectivity index (χ0n) is 22.2. The Morgan fingerprint density at radius 2 is 1.35 bits per heavy atom. The van der Waals surface area contributed by atoms with Gasteiger partial charge in [-0.2, -0.15) is 0 Å². The van der Waals surface area contributed by atoms with Gasteiger partial charge in [0, 0.05) is 39.9 Å². The monoisotopic (exact) mass is 694 g/mol.